The molecule has 0 amide bonds. The van der Waals surface area contributed by atoms with Crippen molar-refractivity contribution in [2.45, 2.75) is 52.4 Å². The molecule has 1 aromatic carbocycles. The van der Waals surface area contributed by atoms with Gasteiger partial charge < -0.3 is 0 Å². The summed E-state index contributed by atoms with van der Waals surface area (Å²) in [5, 5.41) is 1.13. The SMILES string of the molecule is CCCCCCCC(=O)c1cc(C)c2ccccc2n1. The van der Waals surface area contributed by atoms with Crippen molar-refractivity contribution in [3.63, 3.8) is 0 Å². The van der Waals surface area contributed by atoms with E-state index in [4.69, 9.17) is 0 Å². The molecule has 106 valence electrons. The van der Waals surface area contributed by atoms with E-state index in [1.54, 1.807) is 0 Å². The van der Waals surface area contributed by atoms with Gasteiger partial charge in [0.2, 0.25) is 0 Å². The highest BCUT2D eigenvalue weighted by Gasteiger charge is 2.09. The smallest absolute Gasteiger partial charge is 0.181 e. The first kappa shape index (κ1) is 14.7. The van der Waals surface area contributed by atoms with Crippen molar-refractivity contribution in [1.29, 1.82) is 0 Å². The van der Waals surface area contributed by atoms with Crippen LogP contribution in [0.1, 0.15) is 61.5 Å². The molecular weight excluding hydrogens is 246 g/mol. The minimum absolute atomic E-state index is 0.176. The highest BCUT2D eigenvalue weighted by atomic mass is 16.1. The lowest BCUT2D eigenvalue weighted by Crippen LogP contribution is -2.03. The molecule has 0 unspecified atom stereocenters. The number of Topliss-reactive ketones (excluding diaryl/α,β-unsaturated/α-hetero) is 1. The second-order valence-electron chi connectivity index (χ2n) is 5.43. The first-order chi connectivity index (χ1) is 9.72. The number of hydrogen-bond donors (Lipinski definition) is 0. The van der Waals surface area contributed by atoms with Gasteiger partial charge in [0.05, 0.1) is 5.52 Å². The third-order valence-electron chi connectivity index (χ3n) is 3.72. The van der Waals surface area contributed by atoms with E-state index in [-0.39, 0.29) is 5.78 Å². The summed E-state index contributed by atoms with van der Waals surface area (Å²) in [7, 11) is 0. The summed E-state index contributed by atoms with van der Waals surface area (Å²) < 4.78 is 0. The molecule has 0 saturated carbocycles. The van der Waals surface area contributed by atoms with Gasteiger partial charge in [-0.1, -0.05) is 50.8 Å². The van der Waals surface area contributed by atoms with Gasteiger partial charge in [-0.15, -0.1) is 0 Å². The number of unbranched alkanes of at least 4 members (excludes halogenated alkanes) is 4. The van der Waals surface area contributed by atoms with Gasteiger partial charge in [0.25, 0.3) is 0 Å². The summed E-state index contributed by atoms with van der Waals surface area (Å²) >= 11 is 0. The van der Waals surface area contributed by atoms with Crippen molar-refractivity contribution in [3.8, 4) is 0 Å². The quantitative estimate of drug-likeness (QED) is 0.518. The lowest BCUT2D eigenvalue weighted by molar-refractivity contribution is 0.0974. The van der Waals surface area contributed by atoms with Crippen LogP contribution >= 0.6 is 0 Å². The highest BCUT2D eigenvalue weighted by molar-refractivity contribution is 5.97. The van der Waals surface area contributed by atoms with Gasteiger partial charge >= 0.3 is 0 Å². The maximum Gasteiger partial charge on any atom is 0.181 e. The summed E-state index contributed by atoms with van der Waals surface area (Å²) in [6.07, 6.45) is 6.47. The summed E-state index contributed by atoms with van der Waals surface area (Å²) in [5.41, 5.74) is 2.67. The number of carbonyl (C=O) groups is 1. The average Bonchev–Trinajstić information content (AvgIpc) is 2.47. The third kappa shape index (κ3) is 3.66. The van der Waals surface area contributed by atoms with Crippen LogP contribution in [0.25, 0.3) is 10.9 Å². The summed E-state index contributed by atoms with van der Waals surface area (Å²) in [6.45, 7) is 4.25. The summed E-state index contributed by atoms with van der Waals surface area (Å²) in [5.74, 6) is 0.176. The molecule has 0 atom stereocenters. The first-order valence-electron chi connectivity index (χ1n) is 7.62. The van der Waals surface area contributed by atoms with Crippen LogP contribution in [0.2, 0.25) is 0 Å². The van der Waals surface area contributed by atoms with Crippen LogP contribution in [-0.4, -0.2) is 10.8 Å². The Balaban J connectivity index is 2.03. The number of hydrogen-bond acceptors (Lipinski definition) is 2. The number of para-hydroxylation sites is 1. The monoisotopic (exact) mass is 269 g/mol. The highest BCUT2D eigenvalue weighted by Crippen LogP contribution is 2.18. The predicted octanol–water partition coefficient (Wildman–Crippen LogP) is 5.09. The molecule has 0 aliphatic heterocycles. The molecule has 0 bridgehead atoms. The molecule has 0 N–H and O–H groups in total. The third-order valence-corrected chi connectivity index (χ3v) is 3.72. The van der Waals surface area contributed by atoms with Crippen molar-refractivity contribution in [2.75, 3.05) is 0 Å². The second kappa shape index (κ2) is 7.18. The van der Waals surface area contributed by atoms with Crippen LogP contribution in [0.5, 0.6) is 0 Å². The number of carbonyl (C=O) groups excluding carboxylic acids is 1. The second-order valence-corrected chi connectivity index (χ2v) is 5.43. The fourth-order valence-electron chi connectivity index (χ4n) is 2.51. The summed E-state index contributed by atoms with van der Waals surface area (Å²) in [4.78, 5) is 16.7. The van der Waals surface area contributed by atoms with Crippen molar-refractivity contribution < 1.29 is 4.79 Å². The molecule has 1 aromatic heterocycles. The van der Waals surface area contributed by atoms with Gasteiger partial charge in [-0.3, -0.25) is 4.79 Å². The van der Waals surface area contributed by atoms with Gasteiger partial charge in [-0.2, -0.15) is 0 Å². The Bertz CT molecular complexity index is 589. The molecule has 0 spiro atoms. The molecule has 0 radical (unpaired) electrons. The number of pyridine rings is 1. The number of aromatic nitrogens is 1. The minimum Gasteiger partial charge on any atom is -0.292 e. The van der Waals surface area contributed by atoms with Gasteiger partial charge in [-0.05, 0) is 31.0 Å². The van der Waals surface area contributed by atoms with Crippen molar-refractivity contribution in [1.82, 2.24) is 4.98 Å². The lowest BCUT2D eigenvalue weighted by atomic mass is 10.0. The zero-order valence-electron chi connectivity index (χ0n) is 12.5. The molecule has 2 heteroatoms. The molecule has 20 heavy (non-hydrogen) atoms. The number of ketones is 1. The standard InChI is InChI=1S/C18H23NO/c1-3-4-5-6-7-12-18(20)17-13-14(2)15-10-8-9-11-16(15)19-17/h8-11,13H,3-7,12H2,1-2H3. The number of aryl methyl sites for hydroxylation is 1. The van der Waals surface area contributed by atoms with E-state index in [0.29, 0.717) is 12.1 Å². The van der Waals surface area contributed by atoms with Gasteiger partial charge in [-0.25, -0.2) is 4.98 Å². The Morgan fingerprint density at radius 3 is 2.65 bits per heavy atom. The summed E-state index contributed by atoms with van der Waals surface area (Å²) in [6, 6.07) is 9.92. The van der Waals surface area contributed by atoms with E-state index in [2.05, 4.69) is 18.0 Å². The van der Waals surface area contributed by atoms with Crippen molar-refractivity contribution >= 4 is 16.7 Å². The molecular formula is C18H23NO. The minimum atomic E-state index is 0.176. The molecule has 1 heterocycles. The van der Waals surface area contributed by atoms with Crippen LogP contribution in [0.3, 0.4) is 0 Å². The molecule has 2 nitrogen and oxygen atoms in total. The van der Waals surface area contributed by atoms with Gasteiger partial charge in [0, 0.05) is 11.8 Å². The molecule has 0 saturated heterocycles. The number of fused-ring (bicyclic) bond motifs is 1. The van der Waals surface area contributed by atoms with Crippen molar-refractivity contribution in [3.05, 3.63) is 41.6 Å². The number of rotatable bonds is 7. The Morgan fingerprint density at radius 2 is 1.85 bits per heavy atom. The molecule has 2 rings (SSSR count). The molecule has 2 aromatic rings. The van der Waals surface area contributed by atoms with E-state index < -0.39 is 0 Å². The number of benzene rings is 1. The van der Waals surface area contributed by atoms with E-state index in [1.807, 2.05) is 31.2 Å². The fraction of sp³-hybridized carbons (Fsp3) is 0.444. The Kier molecular flexibility index (Phi) is 5.28. The molecule has 0 aliphatic carbocycles. The van der Waals surface area contributed by atoms with Crippen LogP contribution in [0, 0.1) is 6.92 Å². The van der Waals surface area contributed by atoms with E-state index in [0.717, 1.165) is 29.3 Å². The number of nitrogens with zero attached hydrogens (tertiary/aromatic N) is 1. The van der Waals surface area contributed by atoms with Gasteiger partial charge in [0.1, 0.15) is 5.69 Å². The Hall–Kier alpha value is -1.70. The van der Waals surface area contributed by atoms with Crippen LogP contribution in [0.4, 0.5) is 0 Å². The Morgan fingerprint density at radius 1 is 1.10 bits per heavy atom. The predicted molar refractivity (Wildman–Crippen MR) is 84.2 cm³/mol. The Labute approximate surface area is 121 Å². The van der Waals surface area contributed by atoms with Crippen LogP contribution in [0.15, 0.2) is 30.3 Å². The maximum atomic E-state index is 12.2. The zero-order chi connectivity index (χ0) is 14.4. The van der Waals surface area contributed by atoms with Crippen LogP contribution in [-0.2, 0) is 0 Å². The van der Waals surface area contributed by atoms with Crippen LogP contribution < -0.4 is 0 Å². The lowest BCUT2D eigenvalue weighted by Gasteiger charge is -2.06. The van der Waals surface area contributed by atoms with E-state index in [1.165, 1.54) is 19.3 Å². The average molecular weight is 269 g/mol. The first-order valence-corrected chi connectivity index (χ1v) is 7.62. The van der Waals surface area contributed by atoms with Crippen molar-refractivity contribution in [2.24, 2.45) is 0 Å². The fourth-order valence-corrected chi connectivity index (χ4v) is 2.51. The normalized spacial score (nSPS) is 10.9. The van der Waals surface area contributed by atoms with E-state index in [9.17, 15) is 4.79 Å². The molecule has 0 fully saturated rings. The topological polar surface area (TPSA) is 30.0 Å². The largest absolute Gasteiger partial charge is 0.292 e. The van der Waals surface area contributed by atoms with Gasteiger partial charge in [0.15, 0.2) is 5.78 Å². The zero-order valence-corrected chi connectivity index (χ0v) is 12.5. The van der Waals surface area contributed by atoms with E-state index >= 15 is 0 Å². The molecule has 0 aliphatic rings. The maximum absolute atomic E-state index is 12.2.